The molecule has 0 unspecified atom stereocenters. The van der Waals surface area contributed by atoms with E-state index in [9.17, 15) is 4.79 Å². The fourth-order valence-electron chi connectivity index (χ4n) is 1.50. The minimum absolute atomic E-state index is 0.0932. The van der Waals surface area contributed by atoms with Crippen LogP contribution in [0.25, 0.3) is 10.9 Å². The van der Waals surface area contributed by atoms with Crippen molar-refractivity contribution in [3.63, 3.8) is 0 Å². The number of benzene rings is 1. The number of ether oxygens (including phenoxy) is 1. The molecule has 0 aliphatic carbocycles. The summed E-state index contributed by atoms with van der Waals surface area (Å²) in [5, 5.41) is 0.963. The molecule has 1 heterocycles. The van der Waals surface area contributed by atoms with Crippen LogP contribution in [0.1, 0.15) is 6.42 Å². The van der Waals surface area contributed by atoms with Crippen molar-refractivity contribution >= 4 is 10.9 Å². The van der Waals surface area contributed by atoms with E-state index in [-0.39, 0.29) is 5.56 Å². The third-order valence-electron chi connectivity index (χ3n) is 2.31. The zero-order valence-electron chi connectivity index (χ0n) is 8.90. The number of aromatic amines is 1. The van der Waals surface area contributed by atoms with Crippen LogP contribution >= 0.6 is 0 Å². The summed E-state index contributed by atoms with van der Waals surface area (Å²) in [6, 6.07) is 8.88. The van der Waals surface area contributed by atoms with Crippen molar-refractivity contribution in [2.75, 3.05) is 13.2 Å². The van der Waals surface area contributed by atoms with Gasteiger partial charge in [0.05, 0.1) is 6.61 Å². The van der Waals surface area contributed by atoms with Crippen LogP contribution in [-0.2, 0) is 0 Å². The van der Waals surface area contributed by atoms with Crippen LogP contribution < -0.4 is 16.0 Å². The van der Waals surface area contributed by atoms with Gasteiger partial charge in [0, 0.05) is 17.0 Å². The lowest BCUT2D eigenvalue weighted by atomic mass is 10.2. The molecule has 16 heavy (non-hydrogen) atoms. The number of hydrogen-bond acceptors (Lipinski definition) is 3. The van der Waals surface area contributed by atoms with Crippen LogP contribution in [0.3, 0.4) is 0 Å². The molecule has 0 aliphatic heterocycles. The van der Waals surface area contributed by atoms with Gasteiger partial charge in [-0.25, -0.2) is 0 Å². The number of aromatic nitrogens is 1. The molecule has 0 aliphatic rings. The van der Waals surface area contributed by atoms with Crippen LogP contribution in [0.5, 0.6) is 5.75 Å². The van der Waals surface area contributed by atoms with E-state index in [1.165, 1.54) is 6.07 Å². The van der Waals surface area contributed by atoms with E-state index >= 15 is 0 Å². The molecular formula is C12H14N2O2. The number of nitrogens with one attached hydrogen (secondary N) is 1. The Morgan fingerprint density at radius 3 is 2.94 bits per heavy atom. The Hall–Kier alpha value is -1.81. The highest BCUT2D eigenvalue weighted by molar-refractivity contribution is 5.79. The summed E-state index contributed by atoms with van der Waals surface area (Å²) >= 11 is 0. The van der Waals surface area contributed by atoms with E-state index in [1.807, 2.05) is 18.2 Å². The van der Waals surface area contributed by atoms with Gasteiger partial charge in [-0.1, -0.05) is 0 Å². The predicted molar refractivity (Wildman–Crippen MR) is 63.7 cm³/mol. The molecule has 0 radical (unpaired) electrons. The van der Waals surface area contributed by atoms with Gasteiger partial charge < -0.3 is 15.5 Å². The summed E-state index contributed by atoms with van der Waals surface area (Å²) in [6.45, 7) is 1.24. The predicted octanol–water partition coefficient (Wildman–Crippen LogP) is 1.26. The molecular weight excluding hydrogens is 204 g/mol. The minimum Gasteiger partial charge on any atom is -0.494 e. The first-order chi connectivity index (χ1) is 7.79. The number of nitrogens with two attached hydrogens (primary N) is 1. The molecule has 84 valence electrons. The Bertz CT molecular complexity index is 534. The first-order valence-corrected chi connectivity index (χ1v) is 5.25. The first-order valence-electron chi connectivity index (χ1n) is 5.25. The SMILES string of the molecule is NCCCOc1ccc2[nH]c(=O)ccc2c1. The molecule has 1 aromatic heterocycles. The van der Waals surface area contributed by atoms with E-state index in [2.05, 4.69) is 4.98 Å². The van der Waals surface area contributed by atoms with Crippen molar-refractivity contribution in [3.8, 4) is 5.75 Å². The Labute approximate surface area is 93.0 Å². The lowest BCUT2D eigenvalue weighted by Crippen LogP contribution is -2.06. The normalized spacial score (nSPS) is 10.6. The summed E-state index contributed by atoms with van der Waals surface area (Å²) in [4.78, 5) is 13.8. The monoisotopic (exact) mass is 218 g/mol. The second-order valence-corrected chi connectivity index (χ2v) is 3.56. The summed E-state index contributed by atoms with van der Waals surface area (Å²) in [5.41, 5.74) is 6.11. The van der Waals surface area contributed by atoms with E-state index in [1.54, 1.807) is 6.07 Å². The van der Waals surface area contributed by atoms with Crippen LogP contribution in [0.2, 0.25) is 0 Å². The number of fused-ring (bicyclic) bond motifs is 1. The van der Waals surface area contributed by atoms with Crippen molar-refractivity contribution < 1.29 is 4.74 Å². The Kier molecular flexibility index (Phi) is 3.22. The standard InChI is InChI=1S/C12H14N2O2/c13-6-1-7-16-10-3-4-11-9(8-10)2-5-12(15)14-11/h2-5,8H,1,6-7,13H2,(H,14,15). The molecule has 0 saturated heterocycles. The van der Waals surface area contributed by atoms with Gasteiger partial charge in [0.25, 0.3) is 0 Å². The Morgan fingerprint density at radius 1 is 1.25 bits per heavy atom. The van der Waals surface area contributed by atoms with Crippen molar-refractivity contribution in [1.29, 1.82) is 0 Å². The molecule has 2 rings (SSSR count). The molecule has 2 aromatic rings. The lowest BCUT2D eigenvalue weighted by molar-refractivity contribution is 0.314. The maximum Gasteiger partial charge on any atom is 0.248 e. The average Bonchev–Trinajstić information content (AvgIpc) is 2.29. The van der Waals surface area contributed by atoms with Crippen molar-refractivity contribution in [2.45, 2.75) is 6.42 Å². The van der Waals surface area contributed by atoms with E-state index in [0.717, 1.165) is 23.1 Å². The molecule has 0 atom stereocenters. The van der Waals surface area contributed by atoms with Gasteiger partial charge in [-0.3, -0.25) is 4.79 Å². The van der Waals surface area contributed by atoms with Crippen molar-refractivity contribution in [2.24, 2.45) is 5.73 Å². The molecule has 0 spiro atoms. The highest BCUT2D eigenvalue weighted by Gasteiger charge is 1.97. The van der Waals surface area contributed by atoms with Crippen LogP contribution in [-0.4, -0.2) is 18.1 Å². The molecule has 0 bridgehead atoms. The van der Waals surface area contributed by atoms with Gasteiger partial charge in [0.2, 0.25) is 5.56 Å². The number of pyridine rings is 1. The highest BCUT2D eigenvalue weighted by Crippen LogP contribution is 2.18. The molecule has 4 heteroatoms. The average molecular weight is 218 g/mol. The van der Waals surface area contributed by atoms with E-state index in [4.69, 9.17) is 10.5 Å². The maximum atomic E-state index is 11.1. The molecule has 3 N–H and O–H groups in total. The largest absolute Gasteiger partial charge is 0.494 e. The van der Waals surface area contributed by atoms with Gasteiger partial charge in [0.1, 0.15) is 5.75 Å². The van der Waals surface area contributed by atoms with Gasteiger partial charge >= 0.3 is 0 Å². The van der Waals surface area contributed by atoms with Gasteiger partial charge in [-0.05, 0) is 37.2 Å². The zero-order valence-corrected chi connectivity index (χ0v) is 8.90. The number of hydrogen-bond donors (Lipinski definition) is 2. The minimum atomic E-state index is -0.0932. The first kappa shape index (κ1) is 10.7. The second-order valence-electron chi connectivity index (χ2n) is 3.56. The summed E-state index contributed by atoms with van der Waals surface area (Å²) in [6.07, 6.45) is 0.837. The molecule has 1 aromatic carbocycles. The van der Waals surface area contributed by atoms with Crippen molar-refractivity contribution in [3.05, 3.63) is 40.7 Å². The van der Waals surface area contributed by atoms with E-state index < -0.39 is 0 Å². The molecule has 4 nitrogen and oxygen atoms in total. The Morgan fingerprint density at radius 2 is 2.12 bits per heavy atom. The highest BCUT2D eigenvalue weighted by atomic mass is 16.5. The number of rotatable bonds is 4. The van der Waals surface area contributed by atoms with Crippen LogP contribution in [0.15, 0.2) is 35.1 Å². The fraction of sp³-hybridized carbons (Fsp3) is 0.250. The summed E-state index contributed by atoms with van der Waals surface area (Å²) < 4.78 is 5.51. The Balaban J connectivity index is 2.23. The summed E-state index contributed by atoms with van der Waals surface area (Å²) in [7, 11) is 0. The van der Waals surface area contributed by atoms with Gasteiger partial charge in [0.15, 0.2) is 0 Å². The van der Waals surface area contributed by atoms with Crippen LogP contribution in [0, 0.1) is 0 Å². The maximum absolute atomic E-state index is 11.1. The van der Waals surface area contributed by atoms with Crippen molar-refractivity contribution in [1.82, 2.24) is 4.98 Å². The lowest BCUT2D eigenvalue weighted by Gasteiger charge is -2.06. The third-order valence-corrected chi connectivity index (χ3v) is 2.31. The molecule has 0 fully saturated rings. The third kappa shape index (κ3) is 2.41. The number of H-pyrrole nitrogens is 1. The second kappa shape index (κ2) is 4.81. The quantitative estimate of drug-likeness (QED) is 0.759. The van der Waals surface area contributed by atoms with Gasteiger partial charge in [-0.2, -0.15) is 0 Å². The topological polar surface area (TPSA) is 68.1 Å². The molecule has 0 saturated carbocycles. The smallest absolute Gasteiger partial charge is 0.248 e. The zero-order chi connectivity index (χ0) is 11.4. The fourth-order valence-corrected chi connectivity index (χ4v) is 1.50. The van der Waals surface area contributed by atoms with E-state index in [0.29, 0.717) is 13.2 Å². The summed E-state index contributed by atoms with van der Waals surface area (Å²) in [5.74, 6) is 0.799. The van der Waals surface area contributed by atoms with Crippen LogP contribution in [0.4, 0.5) is 0 Å². The molecule has 0 amide bonds. The van der Waals surface area contributed by atoms with Gasteiger partial charge in [-0.15, -0.1) is 0 Å².